The molecule has 0 fully saturated rings. The van der Waals surface area contributed by atoms with Crippen LogP contribution >= 0.6 is 11.8 Å². The monoisotopic (exact) mass is 356 g/mol. The molecule has 1 aromatic carbocycles. The van der Waals surface area contributed by atoms with E-state index in [1.807, 2.05) is 28.9 Å². The van der Waals surface area contributed by atoms with E-state index in [0.29, 0.717) is 12.4 Å². The van der Waals surface area contributed by atoms with Crippen LogP contribution in [-0.2, 0) is 4.79 Å². The largest absolute Gasteiger partial charge is 0.497 e. The Morgan fingerprint density at radius 3 is 2.84 bits per heavy atom. The van der Waals surface area contributed by atoms with Crippen molar-refractivity contribution in [2.24, 2.45) is 0 Å². The molecule has 0 amide bonds. The number of ketones is 1. The number of methoxy groups -OCH3 is 1. The second-order valence-corrected chi connectivity index (χ2v) is 7.30. The van der Waals surface area contributed by atoms with Crippen LogP contribution in [0.2, 0.25) is 0 Å². The fourth-order valence-corrected chi connectivity index (χ4v) is 3.98. The number of carbonyl (C=O) groups excluding carboxylic acids is 1. The highest BCUT2D eigenvalue weighted by molar-refractivity contribution is 7.99. The van der Waals surface area contributed by atoms with E-state index in [4.69, 9.17) is 4.74 Å². The SMILES string of the molecule is CCSc1nc2n(n1)C(c1ccc(OC)cc1)C1=C(CCCC1=O)N2. The van der Waals surface area contributed by atoms with Crippen LogP contribution in [-0.4, -0.2) is 33.4 Å². The highest BCUT2D eigenvalue weighted by atomic mass is 32.2. The van der Waals surface area contributed by atoms with Crippen molar-refractivity contribution in [2.75, 3.05) is 18.2 Å². The highest BCUT2D eigenvalue weighted by Crippen LogP contribution is 2.40. The number of aromatic nitrogens is 3. The van der Waals surface area contributed by atoms with Crippen LogP contribution in [0.5, 0.6) is 5.75 Å². The molecular weight excluding hydrogens is 336 g/mol. The minimum atomic E-state index is -0.233. The van der Waals surface area contributed by atoms with Gasteiger partial charge in [-0.1, -0.05) is 30.8 Å². The van der Waals surface area contributed by atoms with Crippen LogP contribution in [0.4, 0.5) is 5.95 Å². The number of benzene rings is 1. The molecule has 7 heteroatoms. The molecule has 2 aliphatic rings. The lowest BCUT2D eigenvalue weighted by Crippen LogP contribution is -2.31. The summed E-state index contributed by atoms with van der Waals surface area (Å²) in [5, 5.41) is 8.73. The highest BCUT2D eigenvalue weighted by Gasteiger charge is 2.36. The Labute approximate surface area is 150 Å². The first-order valence-electron chi connectivity index (χ1n) is 8.47. The van der Waals surface area contributed by atoms with Crippen LogP contribution in [0.15, 0.2) is 40.7 Å². The van der Waals surface area contributed by atoms with Crippen LogP contribution in [0.3, 0.4) is 0 Å². The van der Waals surface area contributed by atoms with Gasteiger partial charge in [0.15, 0.2) is 5.78 Å². The number of Topliss-reactive ketones (excluding diaryl/α,β-unsaturated/α-hetero) is 1. The number of carbonyl (C=O) groups is 1. The van der Waals surface area contributed by atoms with Crippen molar-refractivity contribution >= 4 is 23.5 Å². The molecule has 25 heavy (non-hydrogen) atoms. The zero-order valence-electron chi connectivity index (χ0n) is 14.3. The van der Waals surface area contributed by atoms with Crippen molar-refractivity contribution in [1.82, 2.24) is 14.8 Å². The molecule has 1 atom stereocenters. The summed E-state index contributed by atoms with van der Waals surface area (Å²) in [4.78, 5) is 17.3. The van der Waals surface area contributed by atoms with Crippen molar-refractivity contribution in [3.05, 3.63) is 41.1 Å². The smallest absolute Gasteiger partial charge is 0.227 e. The van der Waals surface area contributed by atoms with E-state index < -0.39 is 0 Å². The lowest BCUT2D eigenvalue weighted by Gasteiger charge is -2.32. The average molecular weight is 356 g/mol. The number of hydrogen-bond donors (Lipinski definition) is 1. The Bertz CT molecular complexity index is 841. The summed E-state index contributed by atoms with van der Waals surface area (Å²) >= 11 is 1.60. The van der Waals surface area contributed by atoms with E-state index in [-0.39, 0.29) is 11.8 Å². The molecule has 130 valence electrons. The Hall–Kier alpha value is -2.28. The molecule has 4 rings (SSSR count). The minimum absolute atomic E-state index is 0.195. The third-order valence-corrected chi connectivity index (χ3v) is 5.27. The van der Waals surface area contributed by atoms with Crippen LogP contribution in [0.1, 0.15) is 37.8 Å². The fraction of sp³-hybridized carbons (Fsp3) is 0.389. The number of rotatable bonds is 4. The number of fused-ring (bicyclic) bond motifs is 1. The summed E-state index contributed by atoms with van der Waals surface area (Å²) in [6, 6.07) is 7.61. The van der Waals surface area contributed by atoms with Gasteiger partial charge in [0.05, 0.1) is 7.11 Å². The van der Waals surface area contributed by atoms with Crippen LogP contribution < -0.4 is 10.1 Å². The van der Waals surface area contributed by atoms with Gasteiger partial charge < -0.3 is 10.1 Å². The molecule has 6 nitrogen and oxygen atoms in total. The topological polar surface area (TPSA) is 69.0 Å². The van der Waals surface area contributed by atoms with Gasteiger partial charge in [0.25, 0.3) is 0 Å². The number of hydrogen-bond acceptors (Lipinski definition) is 6. The van der Waals surface area contributed by atoms with E-state index in [2.05, 4.69) is 22.3 Å². The number of nitrogens with one attached hydrogen (secondary N) is 1. The van der Waals surface area contributed by atoms with Crippen LogP contribution in [0, 0.1) is 0 Å². The molecule has 1 aromatic heterocycles. The predicted octanol–water partition coefficient (Wildman–Crippen LogP) is 3.42. The van der Waals surface area contributed by atoms with E-state index in [1.165, 1.54) is 0 Å². The lowest BCUT2D eigenvalue weighted by atomic mass is 9.85. The molecule has 1 unspecified atom stereocenters. The molecule has 0 spiro atoms. The second-order valence-electron chi connectivity index (χ2n) is 6.07. The van der Waals surface area contributed by atoms with Gasteiger partial charge in [0.2, 0.25) is 11.1 Å². The number of anilines is 1. The van der Waals surface area contributed by atoms with E-state index in [0.717, 1.165) is 46.3 Å². The normalized spacial score (nSPS) is 19.3. The first kappa shape index (κ1) is 16.2. The van der Waals surface area contributed by atoms with Crippen molar-refractivity contribution in [3.8, 4) is 5.75 Å². The molecular formula is C18H20N4O2S. The van der Waals surface area contributed by atoms with Crippen molar-refractivity contribution in [3.63, 3.8) is 0 Å². The Kier molecular flexibility index (Phi) is 4.25. The molecule has 2 aromatic rings. The Morgan fingerprint density at radius 2 is 2.12 bits per heavy atom. The number of thioether (sulfide) groups is 1. The molecule has 1 N–H and O–H groups in total. The van der Waals surface area contributed by atoms with Crippen molar-refractivity contribution in [2.45, 2.75) is 37.4 Å². The number of allylic oxidation sites excluding steroid dienone is 2. The standard InChI is InChI=1S/C18H20N4O2S/c1-3-25-18-20-17-19-13-5-4-6-14(23)15(13)16(22(17)21-18)11-7-9-12(24-2)10-8-11/h7-10,16H,3-6H2,1-2H3,(H,19,20,21). The number of nitrogens with zero attached hydrogens (tertiary/aromatic N) is 3. The van der Waals surface area contributed by atoms with Crippen molar-refractivity contribution in [1.29, 1.82) is 0 Å². The predicted molar refractivity (Wildman–Crippen MR) is 97.1 cm³/mol. The maximum Gasteiger partial charge on any atom is 0.227 e. The van der Waals surface area contributed by atoms with Gasteiger partial charge >= 0.3 is 0 Å². The minimum Gasteiger partial charge on any atom is -0.497 e. The molecule has 0 radical (unpaired) electrons. The first-order chi connectivity index (χ1) is 12.2. The molecule has 1 aliphatic heterocycles. The Balaban J connectivity index is 1.84. The maximum atomic E-state index is 12.7. The van der Waals surface area contributed by atoms with E-state index in [9.17, 15) is 4.79 Å². The third-order valence-electron chi connectivity index (χ3n) is 4.55. The molecule has 0 saturated carbocycles. The van der Waals surface area contributed by atoms with Gasteiger partial charge in [-0.3, -0.25) is 4.79 Å². The van der Waals surface area contributed by atoms with Gasteiger partial charge in [-0.25, -0.2) is 4.68 Å². The zero-order chi connectivity index (χ0) is 17.4. The number of ether oxygens (including phenoxy) is 1. The van der Waals surface area contributed by atoms with Crippen LogP contribution in [0.25, 0.3) is 0 Å². The quantitative estimate of drug-likeness (QED) is 0.847. The molecule has 0 saturated heterocycles. The fourth-order valence-electron chi connectivity index (χ4n) is 3.42. The third kappa shape index (κ3) is 2.82. The molecule has 1 aliphatic carbocycles. The second kappa shape index (κ2) is 6.55. The first-order valence-corrected chi connectivity index (χ1v) is 9.46. The maximum absolute atomic E-state index is 12.7. The molecule has 0 bridgehead atoms. The summed E-state index contributed by atoms with van der Waals surface area (Å²) in [7, 11) is 1.65. The summed E-state index contributed by atoms with van der Waals surface area (Å²) in [6.07, 6.45) is 2.34. The van der Waals surface area contributed by atoms with Gasteiger partial charge in [-0.15, -0.1) is 5.10 Å². The van der Waals surface area contributed by atoms with Gasteiger partial charge in [0.1, 0.15) is 11.8 Å². The van der Waals surface area contributed by atoms with Gasteiger partial charge in [-0.2, -0.15) is 4.98 Å². The van der Waals surface area contributed by atoms with E-state index >= 15 is 0 Å². The summed E-state index contributed by atoms with van der Waals surface area (Å²) < 4.78 is 7.11. The van der Waals surface area contributed by atoms with Crippen molar-refractivity contribution < 1.29 is 9.53 Å². The summed E-state index contributed by atoms with van der Waals surface area (Å²) in [6.45, 7) is 2.08. The van der Waals surface area contributed by atoms with E-state index in [1.54, 1.807) is 18.9 Å². The summed E-state index contributed by atoms with van der Waals surface area (Å²) in [5.41, 5.74) is 2.83. The average Bonchev–Trinajstić information content (AvgIpc) is 3.02. The zero-order valence-corrected chi connectivity index (χ0v) is 15.1. The van der Waals surface area contributed by atoms with Gasteiger partial charge in [-0.05, 0) is 36.3 Å². The van der Waals surface area contributed by atoms with Gasteiger partial charge in [0, 0.05) is 17.7 Å². The Morgan fingerprint density at radius 1 is 1.32 bits per heavy atom. The molecule has 2 heterocycles. The summed E-state index contributed by atoms with van der Waals surface area (Å²) in [5.74, 6) is 2.61. The lowest BCUT2D eigenvalue weighted by molar-refractivity contribution is -0.116.